The lowest BCUT2D eigenvalue weighted by atomic mass is 10.0. The van der Waals surface area contributed by atoms with Crippen molar-refractivity contribution in [2.45, 2.75) is 25.3 Å². The molecule has 2 saturated heterocycles. The standard InChI is InChI=1S/C21H30N6O/c1-25(20-16-21(24-17-23-20)27-12-14-28-15-13-27)19-6-10-26(11-7-19)9-5-18-4-2-3-8-22-18/h2-4,8,16-17,19H,5-7,9-15H2,1H3. The summed E-state index contributed by atoms with van der Waals surface area (Å²) < 4.78 is 5.45. The molecule has 0 radical (unpaired) electrons. The molecule has 2 fully saturated rings. The minimum atomic E-state index is 0.526. The molecule has 0 amide bonds. The summed E-state index contributed by atoms with van der Waals surface area (Å²) in [6.45, 7) is 6.68. The Labute approximate surface area is 167 Å². The zero-order valence-electron chi connectivity index (χ0n) is 16.7. The van der Waals surface area contributed by atoms with Crippen LogP contribution in [0.2, 0.25) is 0 Å². The monoisotopic (exact) mass is 382 g/mol. The third-order valence-corrected chi connectivity index (χ3v) is 5.85. The van der Waals surface area contributed by atoms with Crippen molar-refractivity contribution in [2.75, 3.05) is 62.8 Å². The van der Waals surface area contributed by atoms with Gasteiger partial charge in [-0.25, -0.2) is 9.97 Å². The summed E-state index contributed by atoms with van der Waals surface area (Å²) >= 11 is 0. The molecule has 4 heterocycles. The lowest BCUT2D eigenvalue weighted by Crippen LogP contribution is -2.44. The van der Waals surface area contributed by atoms with Gasteiger partial charge in [0.1, 0.15) is 18.0 Å². The lowest BCUT2D eigenvalue weighted by Gasteiger charge is -2.37. The van der Waals surface area contributed by atoms with Crippen molar-refractivity contribution in [3.63, 3.8) is 0 Å². The van der Waals surface area contributed by atoms with Gasteiger partial charge in [0.05, 0.1) is 13.2 Å². The second kappa shape index (κ2) is 9.30. The molecule has 2 aliphatic rings. The first-order valence-corrected chi connectivity index (χ1v) is 10.3. The van der Waals surface area contributed by atoms with Crippen LogP contribution < -0.4 is 9.80 Å². The van der Waals surface area contributed by atoms with Crippen molar-refractivity contribution in [2.24, 2.45) is 0 Å². The number of piperidine rings is 1. The molecule has 0 atom stereocenters. The van der Waals surface area contributed by atoms with E-state index in [-0.39, 0.29) is 0 Å². The Morgan fingerprint density at radius 1 is 1.07 bits per heavy atom. The molecule has 0 saturated carbocycles. The maximum absolute atomic E-state index is 5.45. The summed E-state index contributed by atoms with van der Waals surface area (Å²) in [5.74, 6) is 2.02. The van der Waals surface area contributed by atoms with E-state index in [0.29, 0.717) is 6.04 Å². The first kappa shape index (κ1) is 19.1. The molecule has 0 unspecified atom stereocenters. The normalized spacial score (nSPS) is 19.0. The number of hydrogen-bond donors (Lipinski definition) is 0. The second-order valence-corrected chi connectivity index (χ2v) is 7.59. The van der Waals surface area contributed by atoms with Crippen LogP contribution in [0.1, 0.15) is 18.5 Å². The number of rotatable bonds is 6. The van der Waals surface area contributed by atoms with E-state index >= 15 is 0 Å². The topological polar surface area (TPSA) is 57.6 Å². The number of aromatic nitrogens is 3. The van der Waals surface area contributed by atoms with Crippen molar-refractivity contribution < 1.29 is 4.74 Å². The molecular formula is C21H30N6O. The lowest BCUT2D eigenvalue weighted by molar-refractivity contribution is 0.122. The van der Waals surface area contributed by atoms with Crippen LogP contribution in [0.5, 0.6) is 0 Å². The van der Waals surface area contributed by atoms with E-state index in [0.717, 1.165) is 76.8 Å². The molecule has 7 nitrogen and oxygen atoms in total. The predicted molar refractivity (Wildman–Crippen MR) is 111 cm³/mol. The Morgan fingerprint density at radius 2 is 1.89 bits per heavy atom. The number of anilines is 2. The number of hydrogen-bond acceptors (Lipinski definition) is 7. The molecule has 0 spiro atoms. The fourth-order valence-electron chi connectivity index (χ4n) is 4.03. The van der Waals surface area contributed by atoms with Gasteiger partial charge in [0, 0.05) is 70.2 Å². The average molecular weight is 383 g/mol. The van der Waals surface area contributed by atoms with Gasteiger partial charge < -0.3 is 19.4 Å². The van der Waals surface area contributed by atoms with Gasteiger partial charge in [-0.2, -0.15) is 0 Å². The van der Waals surface area contributed by atoms with Crippen LogP contribution in [-0.2, 0) is 11.2 Å². The highest BCUT2D eigenvalue weighted by molar-refractivity contribution is 5.50. The van der Waals surface area contributed by atoms with Crippen molar-refractivity contribution in [1.82, 2.24) is 19.9 Å². The molecule has 0 bridgehead atoms. The summed E-state index contributed by atoms with van der Waals surface area (Å²) in [5, 5.41) is 0. The van der Waals surface area contributed by atoms with Gasteiger partial charge in [0.2, 0.25) is 0 Å². The van der Waals surface area contributed by atoms with Gasteiger partial charge >= 0.3 is 0 Å². The molecule has 7 heteroatoms. The zero-order valence-corrected chi connectivity index (χ0v) is 16.7. The first-order valence-electron chi connectivity index (χ1n) is 10.3. The smallest absolute Gasteiger partial charge is 0.134 e. The van der Waals surface area contributed by atoms with Crippen LogP contribution in [-0.4, -0.2) is 78.9 Å². The minimum absolute atomic E-state index is 0.526. The Balaban J connectivity index is 1.29. The molecular weight excluding hydrogens is 352 g/mol. The van der Waals surface area contributed by atoms with Gasteiger partial charge in [0.15, 0.2) is 0 Å². The Bertz CT molecular complexity index is 729. The minimum Gasteiger partial charge on any atom is -0.378 e. The summed E-state index contributed by atoms with van der Waals surface area (Å²) in [6.07, 6.45) is 6.92. The largest absolute Gasteiger partial charge is 0.378 e. The summed E-state index contributed by atoms with van der Waals surface area (Å²) in [5.41, 5.74) is 1.18. The van der Waals surface area contributed by atoms with Gasteiger partial charge in [-0.1, -0.05) is 6.07 Å². The van der Waals surface area contributed by atoms with Crippen LogP contribution in [0, 0.1) is 0 Å². The third kappa shape index (κ3) is 4.77. The van der Waals surface area contributed by atoms with Gasteiger partial charge in [-0.15, -0.1) is 0 Å². The molecule has 0 N–H and O–H groups in total. The van der Waals surface area contributed by atoms with E-state index in [9.17, 15) is 0 Å². The van der Waals surface area contributed by atoms with Gasteiger partial charge in [-0.3, -0.25) is 4.98 Å². The molecule has 0 aliphatic carbocycles. The van der Waals surface area contributed by atoms with E-state index in [2.05, 4.69) is 54.9 Å². The molecule has 4 rings (SSSR count). The Morgan fingerprint density at radius 3 is 2.64 bits per heavy atom. The Hall–Kier alpha value is -2.25. The van der Waals surface area contributed by atoms with Crippen LogP contribution in [0.4, 0.5) is 11.6 Å². The quantitative estimate of drug-likeness (QED) is 0.756. The summed E-state index contributed by atoms with van der Waals surface area (Å²) in [7, 11) is 2.17. The number of likely N-dealkylation sites (tertiary alicyclic amines) is 1. The van der Waals surface area contributed by atoms with Gasteiger partial charge in [-0.05, 0) is 25.0 Å². The van der Waals surface area contributed by atoms with Crippen LogP contribution >= 0.6 is 0 Å². The highest BCUT2D eigenvalue weighted by Gasteiger charge is 2.24. The molecule has 2 aliphatic heterocycles. The highest BCUT2D eigenvalue weighted by Crippen LogP contribution is 2.23. The maximum Gasteiger partial charge on any atom is 0.134 e. The van der Waals surface area contributed by atoms with Crippen LogP contribution in [0.3, 0.4) is 0 Å². The molecule has 2 aromatic heterocycles. The van der Waals surface area contributed by atoms with E-state index in [1.54, 1.807) is 6.33 Å². The number of ether oxygens (including phenoxy) is 1. The van der Waals surface area contributed by atoms with E-state index in [1.165, 1.54) is 5.69 Å². The van der Waals surface area contributed by atoms with Crippen molar-refractivity contribution in [3.05, 3.63) is 42.5 Å². The fourth-order valence-corrected chi connectivity index (χ4v) is 4.03. The van der Waals surface area contributed by atoms with Crippen LogP contribution in [0.25, 0.3) is 0 Å². The Kier molecular flexibility index (Phi) is 6.34. The number of morpholine rings is 1. The van der Waals surface area contributed by atoms with E-state index < -0.39 is 0 Å². The maximum atomic E-state index is 5.45. The zero-order chi connectivity index (χ0) is 19.2. The molecule has 0 aromatic carbocycles. The average Bonchev–Trinajstić information content (AvgIpc) is 2.79. The summed E-state index contributed by atoms with van der Waals surface area (Å²) in [4.78, 5) is 20.6. The first-order chi connectivity index (χ1) is 13.8. The molecule has 150 valence electrons. The van der Waals surface area contributed by atoms with E-state index in [1.807, 2.05) is 12.3 Å². The molecule has 2 aromatic rings. The van der Waals surface area contributed by atoms with Crippen molar-refractivity contribution >= 4 is 11.6 Å². The van der Waals surface area contributed by atoms with Gasteiger partial charge in [0.25, 0.3) is 0 Å². The van der Waals surface area contributed by atoms with Crippen molar-refractivity contribution in [3.8, 4) is 0 Å². The SMILES string of the molecule is CN(c1cc(N2CCOCC2)ncn1)C1CCN(CCc2ccccn2)CC1. The second-order valence-electron chi connectivity index (χ2n) is 7.59. The number of nitrogens with zero attached hydrogens (tertiary/aromatic N) is 6. The third-order valence-electron chi connectivity index (χ3n) is 5.85. The molecule has 28 heavy (non-hydrogen) atoms. The predicted octanol–water partition coefficient (Wildman–Crippen LogP) is 1.85. The van der Waals surface area contributed by atoms with Crippen LogP contribution in [0.15, 0.2) is 36.8 Å². The van der Waals surface area contributed by atoms with E-state index in [4.69, 9.17) is 4.74 Å². The van der Waals surface area contributed by atoms with Crippen molar-refractivity contribution in [1.29, 1.82) is 0 Å². The summed E-state index contributed by atoms with van der Waals surface area (Å²) in [6, 6.07) is 8.80. The highest BCUT2D eigenvalue weighted by atomic mass is 16.5. The fraction of sp³-hybridized carbons (Fsp3) is 0.571. The number of pyridine rings is 1.